The third kappa shape index (κ3) is 2.13. The zero-order valence-electron chi connectivity index (χ0n) is 14.3. The molecule has 4 aliphatic rings. The summed E-state index contributed by atoms with van der Waals surface area (Å²) in [4.78, 5) is 11.9. The van der Waals surface area contributed by atoms with Crippen LogP contribution in [0.1, 0.15) is 58.3 Å². The Labute approximate surface area is 140 Å². The van der Waals surface area contributed by atoms with Gasteiger partial charge in [0, 0.05) is 6.42 Å². The molecule has 2 heteroatoms. The predicted octanol–water partition coefficient (Wildman–Crippen LogP) is 4.29. The van der Waals surface area contributed by atoms with Gasteiger partial charge in [0.05, 0.1) is 6.10 Å². The van der Waals surface area contributed by atoms with E-state index in [4.69, 9.17) is 0 Å². The molecule has 0 amide bonds. The van der Waals surface area contributed by atoms with Crippen LogP contribution in [-0.2, 0) is 4.79 Å². The van der Waals surface area contributed by atoms with Gasteiger partial charge in [-0.25, -0.2) is 0 Å². The molecule has 126 valence electrons. The van der Waals surface area contributed by atoms with E-state index in [1.165, 1.54) is 24.8 Å². The molecule has 3 fully saturated rings. The number of allylic oxidation sites excluding steroid dienone is 2. The SMILES string of the molecule is C=CC1CC2=CC(=O)CC[C@@H]2[C@H]2CCC3(CC)C(O)CC[C@H]3[C@H]12. The second kappa shape index (κ2) is 5.58. The summed E-state index contributed by atoms with van der Waals surface area (Å²) in [5.74, 6) is 3.49. The zero-order valence-corrected chi connectivity index (χ0v) is 14.3. The topological polar surface area (TPSA) is 37.3 Å². The highest BCUT2D eigenvalue weighted by Crippen LogP contribution is 2.64. The molecule has 0 aromatic heterocycles. The number of aliphatic hydroxyl groups excluding tert-OH is 1. The number of aliphatic hydroxyl groups is 1. The van der Waals surface area contributed by atoms with Crippen molar-refractivity contribution >= 4 is 5.78 Å². The van der Waals surface area contributed by atoms with E-state index >= 15 is 0 Å². The highest BCUT2D eigenvalue weighted by Gasteiger charge is 2.59. The monoisotopic (exact) mass is 314 g/mol. The third-order valence-corrected chi connectivity index (χ3v) is 8.02. The van der Waals surface area contributed by atoms with E-state index in [0.717, 1.165) is 32.1 Å². The van der Waals surface area contributed by atoms with Gasteiger partial charge in [0.25, 0.3) is 0 Å². The van der Waals surface area contributed by atoms with Crippen molar-refractivity contribution in [2.45, 2.75) is 64.4 Å². The number of hydrogen-bond acceptors (Lipinski definition) is 2. The van der Waals surface area contributed by atoms with Crippen LogP contribution in [0.3, 0.4) is 0 Å². The van der Waals surface area contributed by atoms with Crippen molar-refractivity contribution in [3.63, 3.8) is 0 Å². The molecule has 0 aromatic carbocycles. The van der Waals surface area contributed by atoms with Crippen molar-refractivity contribution in [2.24, 2.45) is 35.0 Å². The fraction of sp³-hybridized carbons (Fsp3) is 0.762. The summed E-state index contributed by atoms with van der Waals surface area (Å²) in [5.41, 5.74) is 1.57. The molecule has 0 aliphatic heterocycles. The van der Waals surface area contributed by atoms with Gasteiger partial charge in [-0.2, -0.15) is 0 Å². The summed E-state index contributed by atoms with van der Waals surface area (Å²) in [6.45, 7) is 6.42. The molecule has 0 radical (unpaired) electrons. The lowest BCUT2D eigenvalue weighted by molar-refractivity contribution is -0.116. The smallest absolute Gasteiger partial charge is 0.155 e. The molecule has 0 spiro atoms. The summed E-state index contributed by atoms with van der Waals surface area (Å²) in [6, 6.07) is 0. The number of fused-ring (bicyclic) bond motifs is 5. The first kappa shape index (κ1) is 15.6. The largest absolute Gasteiger partial charge is 0.393 e. The fourth-order valence-corrected chi connectivity index (χ4v) is 6.99. The molecular formula is C21H30O2. The summed E-state index contributed by atoms with van der Waals surface area (Å²) >= 11 is 0. The minimum Gasteiger partial charge on any atom is -0.393 e. The minimum atomic E-state index is -0.103. The summed E-state index contributed by atoms with van der Waals surface area (Å²) < 4.78 is 0. The van der Waals surface area contributed by atoms with Crippen LogP contribution in [0.2, 0.25) is 0 Å². The van der Waals surface area contributed by atoms with Crippen LogP contribution >= 0.6 is 0 Å². The van der Waals surface area contributed by atoms with Crippen LogP contribution in [-0.4, -0.2) is 17.0 Å². The molecule has 4 aliphatic carbocycles. The van der Waals surface area contributed by atoms with Crippen molar-refractivity contribution in [1.82, 2.24) is 0 Å². The van der Waals surface area contributed by atoms with Gasteiger partial charge in [0.2, 0.25) is 0 Å². The van der Waals surface area contributed by atoms with Gasteiger partial charge < -0.3 is 5.11 Å². The average molecular weight is 314 g/mol. The Kier molecular flexibility index (Phi) is 3.79. The Morgan fingerprint density at radius 3 is 2.91 bits per heavy atom. The van der Waals surface area contributed by atoms with Crippen LogP contribution < -0.4 is 0 Å². The Morgan fingerprint density at radius 1 is 1.35 bits per heavy atom. The maximum atomic E-state index is 11.9. The van der Waals surface area contributed by atoms with Crippen LogP contribution in [0.15, 0.2) is 24.3 Å². The van der Waals surface area contributed by atoms with Crippen molar-refractivity contribution in [1.29, 1.82) is 0 Å². The van der Waals surface area contributed by atoms with E-state index in [9.17, 15) is 9.90 Å². The van der Waals surface area contributed by atoms with Crippen molar-refractivity contribution in [3.8, 4) is 0 Å². The average Bonchev–Trinajstić information content (AvgIpc) is 2.90. The van der Waals surface area contributed by atoms with Crippen LogP contribution in [0.5, 0.6) is 0 Å². The van der Waals surface area contributed by atoms with Crippen LogP contribution in [0.25, 0.3) is 0 Å². The molecule has 23 heavy (non-hydrogen) atoms. The predicted molar refractivity (Wildman–Crippen MR) is 91.8 cm³/mol. The first-order chi connectivity index (χ1) is 11.1. The Bertz CT molecular complexity index is 548. The number of carbonyl (C=O) groups is 1. The highest BCUT2D eigenvalue weighted by molar-refractivity contribution is 5.91. The molecule has 0 bridgehead atoms. The van der Waals surface area contributed by atoms with E-state index in [1.54, 1.807) is 0 Å². The van der Waals surface area contributed by atoms with Gasteiger partial charge in [0.1, 0.15) is 0 Å². The summed E-state index contributed by atoms with van der Waals surface area (Å²) in [7, 11) is 0. The summed E-state index contributed by atoms with van der Waals surface area (Å²) in [5, 5.41) is 10.7. The van der Waals surface area contributed by atoms with Gasteiger partial charge in [-0.15, -0.1) is 6.58 Å². The van der Waals surface area contributed by atoms with Gasteiger partial charge in [-0.05, 0) is 86.0 Å². The molecule has 4 rings (SSSR count). The molecular weight excluding hydrogens is 284 g/mol. The Hall–Kier alpha value is -0.890. The fourth-order valence-electron chi connectivity index (χ4n) is 6.99. The molecule has 1 N–H and O–H groups in total. The van der Waals surface area contributed by atoms with E-state index in [-0.39, 0.29) is 11.5 Å². The first-order valence-corrected chi connectivity index (χ1v) is 9.64. The Morgan fingerprint density at radius 2 is 2.17 bits per heavy atom. The van der Waals surface area contributed by atoms with E-state index in [2.05, 4.69) is 19.6 Å². The second-order valence-electron chi connectivity index (χ2n) is 8.50. The van der Waals surface area contributed by atoms with Crippen molar-refractivity contribution < 1.29 is 9.90 Å². The van der Waals surface area contributed by atoms with Gasteiger partial charge in [0.15, 0.2) is 5.78 Å². The minimum absolute atomic E-state index is 0.103. The number of rotatable bonds is 2. The molecule has 3 saturated carbocycles. The van der Waals surface area contributed by atoms with Gasteiger partial charge >= 0.3 is 0 Å². The normalized spacial score (nSPS) is 49.0. The molecule has 0 heterocycles. The Balaban J connectivity index is 1.72. The van der Waals surface area contributed by atoms with Crippen molar-refractivity contribution in [3.05, 3.63) is 24.3 Å². The lowest BCUT2D eigenvalue weighted by Crippen LogP contribution is -2.51. The molecule has 3 unspecified atom stereocenters. The molecule has 0 saturated heterocycles. The van der Waals surface area contributed by atoms with E-state index in [0.29, 0.717) is 35.4 Å². The molecule has 0 aromatic rings. The summed E-state index contributed by atoms with van der Waals surface area (Å²) in [6.07, 6.45) is 12.5. The maximum Gasteiger partial charge on any atom is 0.155 e. The van der Waals surface area contributed by atoms with Crippen LogP contribution in [0.4, 0.5) is 0 Å². The number of hydrogen-bond donors (Lipinski definition) is 1. The van der Waals surface area contributed by atoms with Crippen molar-refractivity contribution in [2.75, 3.05) is 0 Å². The lowest BCUT2D eigenvalue weighted by atomic mass is 9.48. The maximum absolute atomic E-state index is 11.9. The molecule has 2 nitrogen and oxygen atoms in total. The zero-order chi connectivity index (χ0) is 16.2. The van der Waals surface area contributed by atoms with Gasteiger partial charge in [-0.1, -0.05) is 18.6 Å². The quantitative estimate of drug-likeness (QED) is 0.772. The van der Waals surface area contributed by atoms with E-state index < -0.39 is 0 Å². The molecule has 7 atom stereocenters. The first-order valence-electron chi connectivity index (χ1n) is 9.64. The second-order valence-corrected chi connectivity index (χ2v) is 8.50. The standard InChI is InChI=1S/C21H30O2/c1-3-13-11-14-12-15(22)5-6-16(14)17-9-10-21(4-2)18(20(13)17)7-8-19(21)23/h3,12-13,16-20,23H,1,4-11H2,2H3/t13?,16-,17+,18-,19?,20+,21?/m0/s1. The highest BCUT2D eigenvalue weighted by atomic mass is 16.3. The van der Waals surface area contributed by atoms with Gasteiger partial charge in [-0.3, -0.25) is 4.79 Å². The number of carbonyl (C=O) groups excluding carboxylic acids is 1. The van der Waals surface area contributed by atoms with Crippen LogP contribution in [0, 0.1) is 35.0 Å². The third-order valence-electron chi connectivity index (χ3n) is 8.02. The number of ketones is 1. The van der Waals surface area contributed by atoms with E-state index in [1.807, 2.05) is 6.08 Å². The lowest BCUT2D eigenvalue weighted by Gasteiger charge is -2.56.